The number of amides is 1. The van der Waals surface area contributed by atoms with E-state index in [1.54, 1.807) is 0 Å². The lowest BCUT2D eigenvalue weighted by molar-refractivity contribution is -0.137. The number of carbonyl (C=O) groups is 1. The van der Waals surface area contributed by atoms with Gasteiger partial charge in [0.2, 0.25) is 5.91 Å². The summed E-state index contributed by atoms with van der Waals surface area (Å²) in [7, 11) is 0. The van der Waals surface area contributed by atoms with Crippen molar-refractivity contribution < 1.29 is 18.0 Å². The standard InChI is InChI=1S/C19H20F3NO/c1-14(7-8-15-5-3-2-4-6-15)23-18(24)13-16-9-11-17(12-10-16)19(20,21)22/h2-6,9-12,14H,7-8,13H2,1H3,(H,23,24). The Balaban J connectivity index is 1.80. The molecule has 1 unspecified atom stereocenters. The Morgan fingerprint density at radius 1 is 1.00 bits per heavy atom. The fourth-order valence-electron chi connectivity index (χ4n) is 2.42. The maximum atomic E-state index is 12.5. The molecule has 0 saturated carbocycles. The normalized spacial score (nSPS) is 12.7. The van der Waals surface area contributed by atoms with Crippen molar-refractivity contribution in [1.82, 2.24) is 5.32 Å². The van der Waals surface area contributed by atoms with Gasteiger partial charge in [0.05, 0.1) is 12.0 Å². The van der Waals surface area contributed by atoms with Crippen LogP contribution in [-0.2, 0) is 23.8 Å². The van der Waals surface area contributed by atoms with Gasteiger partial charge < -0.3 is 5.32 Å². The minimum absolute atomic E-state index is 0.00662. The van der Waals surface area contributed by atoms with Gasteiger partial charge in [-0.05, 0) is 43.0 Å². The summed E-state index contributed by atoms with van der Waals surface area (Å²) in [6, 6.07) is 14.7. The SMILES string of the molecule is CC(CCc1ccccc1)NC(=O)Cc1ccc(C(F)(F)F)cc1. The molecule has 0 aromatic heterocycles. The zero-order valence-electron chi connectivity index (χ0n) is 13.4. The van der Waals surface area contributed by atoms with E-state index in [-0.39, 0.29) is 18.4 Å². The van der Waals surface area contributed by atoms with E-state index < -0.39 is 11.7 Å². The maximum Gasteiger partial charge on any atom is 0.416 e. The van der Waals surface area contributed by atoms with E-state index in [9.17, 15) is 18.0 Å². The number of benzene rings is 2. The predicted molar refractivity (Wildman–Crippen MR) is 87.5 cm³/mol. The van der Waals surface area contributed by atoms with Crippen LogP contribution in [0.3, 0.4) is 0 Å². The lowest BCUT2D eigenvalue weighted by Gasteiger charge is -2.14. The fraction of sp³-hybridized carbons (Fsp3) is 0.316. The average molecular weight is 335 g/mol. The smallest absolute Gasteiger partial charge is 0.353 e. The highest BCUT2D eigenvalue weighted by Crippen LogP contribution is 2.29. The Kier molecular flexibility index (Phi) is 6.01. The van der Waals surface area contributed by atoms with Gasteiger partial charge in [0, 0.05) is 6.04 Å². The number of halogens is 3. The molecule has 2 nitrogen and oxygen atoms in total. The number of carbonyl (C=O) groups excluding carboxylic acids is 1. The van der Waals surface area contributed by atoms with Crippen LogP contribution in [0, 0.1) is 0 Å². The van der Waals surface area contributed by atoms with E-state index in [0.29, 0.717) is 5.56 Å². The number of aryl methyl sites for hydroxylation is 1. The van der Waals surface area contributed by atoms with Crippen molar-refractivity contribution in [1.29, 1.82) is 0 Å². The molecule has 1 amide bonds. The first kappa shape index (κ1) is 18.0. The molecule has 0 radical (unpaired) electrons. The molecule has 2 rings (SSSR count). The largest absolute Gasteiger partial charge is 0.416 e. The van der Waals surface area contributed by atoms with Gasteiger partial charge in [-0.3, -0.25) is 4.79 Å². The summed E-state index contributed by atoms with van der Waals surface area (Å²) in [6.45, 7) is 1.92. The van der Waals surface area contributed by atoms with Gasteiger partial charge in [0.25, 0.3) is 0 Å². The zero-order valence-corrected chi connectivity index (χ0v) is 13.4. The van der Waals surface area contributed by atoms with Gasteiger partial charge in [-0.15, -0.1) is 0 Å². The van der Waals surface area contributed by atoms with Crippen LogP contribution in [0.25, 0.3) is 0 Å². The van der Waals surface area contributed by atoms with Crippen LogP contribution >= 0.6 is 0 Å². The average Bonchev–Trinajstić information content (AvgIpc) is 2.53. The van der Waals surface area contributed by atoms with Crippen LogP contribution in [0.2, 0.25) is 0 Å². The second-order valence-corrected chi connectivity index (χ2v) is 5.86. The molecule has 0 aliphatic heterocycles. The van der Waals surface area contributed by atoms with Crippen molar-refractivity contribution in [3.8, 4) is 0 Å². The summed E-state index contributed by atoms with van der Waals surface area (Å²) in [4.78, 5) is 12.0. The first-order valence-electron chi connectivity index (χ1n) is 7.84. The van der Waals surface area contributed by atoms with Gasteiger partial charge in [-0.1, -0.05) is 42.5 Å². The van der Waals surface area contributed by atoms with Crippen LogP contribution in [-0.4, -0.2) is 11.9 Å². The highest BCUT2D eigenvalue weighted by molar-refractivity contribution is 5.78. The van der Waals surface area contributed by atoms with Crippen LogP contribution in [0.5, 0.6) is 0 Å². The van der Waals surface area contributed by atoms with Crippen LogP contribution in [0.4, 0.5) is 13.2 Å². The van der Waals surface area contributed by atoms with Gasteiger partial charge in [0.1, 0.15) is 0 Å². The lowest BCUT2D eigenvalue weighted by atomic mass is 10.1. The minimum Gasteiger partial charge on any atom is -0.353 e. The van der Waals surface area contributed by atoms with Gasteiger partial charge in [0.15, 0.2) is 0 Å². The van der Waals surface area contributed by atoms with Crippen molar-refractivity contribution >= 4 is 5.91 Å². The molecular formula is C19H20F3NO. The van der Waals surface area contributed by atoms with E-state index >= 15 is 0 Å². The minimum atomic E-state index is -4.35. The summed E-state index contributed by atoms with van der Waals surface area (Å²) in [6.07, 6.45) is -2.61. The maximum absolute atomic E-state index is 12.5. The molecule has 2 aromatic carbocycles. The Bertz CT molecular complexity index is 651. The second-order valence-electron chi connectivity index (χ2n) is 5.86. The topological polar surface area (TPSA) is 29.1 Å². The van der Waals surface area contributed by atoms with Crippen LogP contribution < -0.4 is 5.32 Å². The predicted octanol–water partition coefficient (Wildman–Crippen LogP) is 4.39. The van der Waals surface area contributed by atoms with Crippen molar-refractivity contribution in [3.05, 3.63) is 71.3 Å². The molecule has 2 aromatic rings. The number of rotatable bonds is 6. The second kappa shape index (κ2) is 7.99. The molecule has 0 spiro atoms. The van der Waals surface area contributed by atoms with E-state index in [4.69, 9.17) is 0 Å². The third-order valence-electron chi connectivity index (χ3n) is 3.76. The third kappa shape index (κ3) is 5.72. The van der Waals surface area contributed by atoms with E-state index in [1.807, 2.05) is 37.3 Å². The molecule has 0 fully saturated rings. The van der Waals surface area contributed by atoms with Crippen molar-refractivity contribution in [3.63, 3.8) is 0 Å². The lowest BCUT2D eigenvalue weighted by Crippen LogP contribution is -2.34. The Labute approximate surface area is 139 Å². The van der Waals surface area contributed by atoms with Crippen molar-refractivity contribution in [2.75, 3.05) is 0 Å². The zero-order chi connectivity index (χ0) is 17.6. The summed E-state index contributed by atoms with van der Waals surface area (Å²) in [5.41, 5.74) is 1.07. The third-order valence-corrected chi connectivity index (χ3v) is 3.76. The molecule has 0 saturated heterocycles. The summed E-state index contributed by atoms with van der Waals surface area (Å²) < 4.78 is 37.5. The number of hydrogen-bond acceptors (Lipinski definition) is 1. The number of alkyl halides is 3. The summed E-state index contributed by atoms with van der Waals surface area (Å²) in [5, 5.41) is 2.88. The molecule has 0 bridgehead atoms. The summed E-state index contributed by atoms with van der Waals surface area (Å²) >= 11 is 0. The van der Waals surface area contributed by atoms with Crippen molar-refractivity contribution in [2.45, 2.75) is 38.4 Å². The highest BCUT2D eigenvalue weighted by atomic mass is 19.4. The molecule has 1 N–H and O–H groups in total. The number of hydrogen-bond donors (Lipinski definition) is 1. The molecule has 5 heteroatoms. The Hall–Kier alpha value is -2.30. The summed E-state index contributed by atoms with van der Waals surface area (Å²) in [5.74, 6) is -0.185. The van der Waals surface area contributed by atoms with Gasteiger partial charge in [-0.2, -0.15) is 13.2 Å². The van der Waals surface area contributed by atoms with Gasteiger partial charge >= 0.3 is 6.18 Å². The molecule has 0 heterocycles. The number of nitrogens with one attached hydrogen (secondary N) is 1. The van der Waals surface area contributed by atoms with E-state index in [1.165, 1.54) is 17.7 Å². The van der Waals surface area contributed by atoms with E-state index in [2.05, 4.69) is 5.32 Å². The fourth-order valence-corrected chi connectivity index (χ4v) is 2.42. The highest BCUT2D eigenvalue weighted by Gasteiger charge is 2.29. The quantitative estimate of drug-likeness (QED) is 0.834. The first-order chi connectivity index (χ1) is 11.3. The molecule has 0 aliphatic rings. The molecule has 1 atom stereocenters. The van der Waals surface area contributed by atoms with Crippen LogP contribution in [0.15, 0.2) is 54.6 Å². The monoisotopic (exact) mass is 335 g/mol. The Morgan fingerprint density at radius 3 is 2.21 bits per heavy atom. The van der Waals surface area contributed by atoms with Gasteiger partial charge in [-0.25, -0.2) is 0 Å². The van der Waals surface area contributed by atoms with E-state index in [0.717, 1.165) is 25.0 Å². The molecular weight excluding hydrogens is 315 g/mol. The Morgan fingerprint density at radius 2 is 1.62 bits per heavy atom. The van der Waals surface area contributed by atoms with Crippen LogP contribution in [0.1, 0.15) is 30.0 Å². The molecule has 24 heavy (non-hydrogen) atoms. The van der Waals surface area contributed by atoms with Crippen molar-refractivity contribution in [2.24, 2.45) is 0 Å². The first-order valence-corrected chi connectivity index (χ1v) is 7.84. The molecule has 0 aliphatic carbocycles. The molecule has 128 valence electrons.